The molecular weight excluding hydrogens is 288 g/mol. The smallest absolute Gasteiger partial charge is 0.352 e. The Morgan fingerprint density at radius 3 is 2.91 bits per heavy atom. The monoisotopic (exact) mass is 312 g/mol. The number of aromatic nitrogens is 2. The summed E-state index contributed by atoms with van der Waals surface area (Å²) < 4.78 is 12.4. The van der Waals surface area contributed by atoms with Crippen LogP contribution in [0.3, 0.4) is 0 Å². The van der Waals surface area contributed by atoms with Gasteiger partial charge in [-0.1, -0.05) is 19.8 Å². The fourth-order valence-corrected chi connectivity index (χ4v) is 2.48. The van der Waals surface area contributed by atoms with Crippen LogP contribution in [0.25, 0.3) is 0 Å². The van der Waals surface area contributed by atoms with E-state index in [4.69, 9.17) is 14.6 Å². The number of rotatable bonds is 7. The summed E-state index contributed by atoms with van der Waals surface area (Å²) in [5.74, 6) is 0.342. The predicted molar refractivity (Wildman–Crippen MR) is 79.9 cm³/mol. The molecule has 2 rings (SSSR count). The van der Waals surface area contributed by atoms with Crippen LogP contribution >= 0.6 is 0 Å². The summed E-state index contributed by atoms with van der Waals surface area (Å²) in [5.41, 5.74) is 0.258. The third-order valence-electron chi connectivity index (χ3n) is 3.77. The highest BCUT2D eigenvalue weighted by Crippen LogP contribution is 2.28. The maximum Gasteiger partial charge on any atom is 0.352 e. The number of unbranched alkanes of at least 4 members (excludes halogenated alkanes) is 2. The highest BCUT2D eigenvalue weighted by Gasteiger charge is 2.35. The molecule has 0 saturated carbocycles. The first-order valence-electron chi connectivity index (χ1n) is 7.73. The van der Waals surface area contributed by atoms with Gasteiger partial charge in [0, 0.05) is 18.2 Å². The molecule has 0 aliphatic carbocycles. The predicted octanol–water partition coefficient (Wildman–Crippen LogP) is 0.761. The Kier molecular flexibility index (Phi) is 5.93. The maximum absolute atomic E-state index is 12.1. The number of nitrogens with zero attached hydrogens (tertiary/aromatic N) is 2. The fourth-order valence-electron chi connectivity index (χ4n) is 2.48. The Hall–Kier alpha value is -1.44. The van der Waals surface area contributed by atoms with Crippen LogP contribution in [0.5, 0.6) is 5.88 Å². The molecule has 0 amide bonds. The van der Waals surface area contributed by atoms with Gasteiger partial charge < -0.3 is 19.7 Å². The van der Waals surface area contributed by atoms with Crippen LogP contribution < -0.4 is 10.4 Å². The molecule has 1 aromatic heterocycles. The van der Waals surface area contributed by atoms with Gasteiger partial charge in [-0.15, -0.1) is 0 Å². The number of aliphatic hydroxyl groups is 2. The summed E-state index contributed by atoms with van der Waals surface area (Å²) in [6, 6.07) is 0. The first kappa shape index (κ1) is 16.9. The number of ether oxygens (including phenoxy) is 2. The van der Waals surface area contributed by atoms with Crippen molar-refractivity contribution in [1.29, 1.82) is 0 Å². The van der Waals surface area contributed by atoms with Gasteiger partial charge >= 0.3 is 5.69 Å². The summed E-state index contributed by atoms with van der Waals surface area (Å²) in [6.07, 6.45) is 2.92. The second-order valence-electron chi connectivity index (χ2n) is 5.59. The minimum Gasteiger partial charge on any atom is -0.477 e. The van der Waals surface area contributed by atoms with Crippen molar-refractivity contribution in [3.63, 3.8) is 0 Å². The lowest BCUT2D eigenvalue weighted by molar-refractivity contribution is -0.0460. The van der Waals surface area contributed by atoms with Crippen molar-refractivity contribution in [3.8, 4) is 5.88 Å². The van der Waals surface area contributed by atoms with E-state index in [1.807, 2.05) is 6.92 Å². The molecule has 0 aromatic carbocycles. The van der Waals surface area contributed by atoms with Gasteiger partial charge in [0.25, 0.3) is 0 Å². The van der Waals surface area contributed by atoms with Crippen LogP contribution in [0.4, 0.5) is 0 Å². The number of hydrogen-bond donors (Lipinski definition) is 2. The fraction of sp³-hybridized carbons (Fsp3) is 0.733. The van der Waals surface area contributed by atoms with Crippen LogP contribution in [0.2, 0.25) is 0 Å². The van der Waals surface area contributed by atoms with Crippen molar-refractivity contribution in [2.24, 2.45) is 0 Å². The molecule has 7 nitrogen and oxygen atoms in total. The summed E-state index contributed by atoms with van der Waals surface area (Å²) in [7, 11) is 0. The Bertz CT molecular complexity index is 545. The van der Waals surface area contributed by atoms with E-state index in [2.05, 4.69) is 11.9 Å². The molecule has 0 unspecified atom stereocenters. The lowest BCUT2D eigenvalue weighted by atomic mass is 10.2. The van der Waals surface area contributed by atoms with Crippen molar-refractivity contribution in [1.82, 2.24) is 9.55 Å². The van der Waals surface area contributed by atoms with Gasteiger partial charge in [-0.2, -0.15) is 4.98 Å². The van der Waals surface area contributed by atoms with E-state index in [-0.39, 0.29) is 13.0 Å². The second-order valence-corrected chi connectivity index (χ2v) is 5.59. The van der Waals surface area contributed by atoms with Crippen LogP contribution in [0.15, 0.2) is 11.0 Å². The molecule has 2 N–H and O–H groups in total. The van der Waals surface area contributed by atoms with E-state index < -0.39 is 24.1 Å². The minimum atomic E-state index is -0.785. The van der Waals surface area contributed by atoms with Gasteiger partial charge in [0.2, 0.25) is 5.88 Å². The molecule has 22 heavy (non-hydrogen) atoms. The molecule has 7 heteroatoms. The molecule has 1 aliphatic rings. The van der Waals surface area contributed by atoms with E-state index in [0.29, 0.717) is 12.5 Å². The molecule has 0 spiro atoms. The Balaban J connectivity index is 2.08. The van der Waals surface area contributed by atoms with E-state index in [1.165, 1.54) is 4.57 Å². The van der Waals surface area contributed by atoms with E-state index in [9.17, 15) is 9.90 Å². The zero-order valence-electron chi connectivity index (χ0n) is 13.1. The van der Waals surface area contributed by atoms with Crippen molar-refractivity contribution < 1.29 is 19.7 Å². The van der Waals surface area contributed by atoms with Crippen molar-refractivity contribution >= 4 is 0 Å². The summed E-state index contributed by atoms with van der Waals surface area (Å²) >= 11 is 0. The van der Waals surface area contributed by atoms with Gasteiger partial charge in [-0.25, -0.2) is 4.79 Å². The Labute approximate surface area is 129 Å². The molecule has 0 radical (unpaired) electrons. The standard InChI is InChI=1S/C15H24N2O5/c1-3-4-5-6-21-14-10(2)8-17(15(20)16-14)13-7-11(19)12(9-18)22-13/h8,11-13,18-19H,3-7,9H2,1-2H3/t11-,12+,13+/m0/s1. The van der Waals surface area contributed by atoms with E-state index in [1.54, 1.807) is 6.20 Å². The summed E-state index contributed by atoms with van der Waals surface area (Å²) in [5, 5.41) is 18.9. The maximum atomic E-state index is 12.1. The number of aryl methyl sites for hydroxylation is 1. The Morgan fingerprint density at radius 1 is 1.50 bits per heavy atom. The number of aliphatic hydroxyl groups excluding tert-OH is 2. The molecule has 3 atom stereocenters. The van der Waals surface area contributed by atoms with Gasteiger partial charge in [-0.3, -0.25) is 4.57 Å². The van der Waals surface area contributed by atoms with E-state index in [0.717, 1.165) is 24.8 Å². The minimum absolute atomic E-state index is 0.253. The molecule has 1 aromatic rings. The number of hydrogen-bond acceptors (Lipinski definition) is 6. The highest BCUT2D eigenvalue weighted by molar-refractivity contribution is 5.20. The van der Waals surface area contributed by atoms with Crippen LogP contribution in [-0.2, 0) is 4.74 Å². The quantitative estimate of drug-likeness (QED) is 0.722. The normalized spacial score (nSPS) is 24.6. The average molecular weight is 312 g/mol. The SMILES string of the molecule is CCCCCOc1nc(=O)n([C@H]2C[C@H](O)[C@@H](CO)O2)cc1C. The Morgan fingerprint density at radius 2 is 2.27 bits per heavy atom. The molecule has 0 bridgehead atoms. The van der Waals surface area contributed by atoms with Crippen molar-refractivity contribution in [3.05, 3.63) is 22.2 Å². The van der Waals surface area contributed by atoms with Crippen LogP contribution in [-0.4, -0.2) is 45.2 Å². The van der Waals surface area contributed by atoms with Crippen LogP contribution in [0.1, 0.15) is 44.4 Å². The topological polar surface area (TPSA) is 93.8 Å². The highest BCUT2D eigenvalue weighted by atomic mass is 16.5. The molecule has 1 fully saturated rings. The lowest BCUT2D eigenvalue weighted by Crippen LogP contribution is -2.28. The molecule has 1 saturated heterocycles. The summed E-state index contributed by atoms with van der Waals surface area (Å²) in [6.45, 7) is 4.18. The summed E-state index contributed by atoms with van der Waals surface area (Å²) in [4.78, 5) is 16.1. The third kappa shape index (κ3) is 3.85. The first-order chi connectivity index (χ1) is 10.6. The molecule has 1 aliphatic heterocycles. The lowest BCUT2D eigenvalue weighted by Gasteiger charge is -2.16. The van der Waals surface area contributed by atoms with Crippen LogP contribution in [0, 0.1) is 6.92 Å². The van der Waals surface area contributed by atoms with Gasteiger partial charge in [0.05, 0.1) is 19.3 Å². The average Bonchev–Trinajstić information content (AvgIpc) is 2.87. The largest absolute Gasteiger partial charge is 0.477 e. The van der Waals surface area contributed by atoms with Crippen molar-refractivity contribution in [2.75, 3.05) is 13.2 Å². The zero-order valence-corrected chi connectivity index (χ0v) is 13.1. The van der Waals surface area contributed by atoms with E-state index >= 15 is 0 Å². The molecule has 2 heterocycles. The third-order valence-corrected chi connectivity index (χ3v) is 3.77. The first-order valence-corrected chi connectivity index (χ1v) is 7.73. The van der Waals surface area contributed by atoms with Gasteiger partial charge in [0.15, 0.2) is 0 Å². The molecule has 124 valence electrons. The van der Waals surface area contributed by atoms with Gasteiger partial charge in [0.1, 0.15) is 12.3 Å². The zero-order chi connectivity index (χ0) is 16.1. The van der Waals surface area contributed by atoms with Gasteiger partial charge in [-0.05, 0) is 13.3 Å². The second kappa shape index (κ2) is 7.71. The van der Waals surface area contributed by atoms with Crippen molar-refractivity contribution in [2.45, 2.75) is 58.0 Å². The molecular formula is C15H24N2O5.